The first-order valence-electron chi connectivity index (χ1n) is 5.85. The van der Waals surface area contributed by atoms with E-state index >= 15 is 0 Å². The van der Waals surface area contributed by atoms with E-state index in [1.54, 1.807) is 31.1 Å². The second-order valence-electron chi connectivity index (χ2n) is 4.27. The standard InChI is InChI=1S/C13H17N3O3/c1-10(6-8-17)12(13(18)19)15-16(2)9-11-5-3-4-7-14-11/h3-7,10,12,15H,9H2,1-2H3,(H,18,19)/t10?,12-/m0/s1. The van der Waals surface area contributed by atoms with Crippen LogP contribution in [0.25, 0.3) is 0 Å². The highest BCUT2D eigenvalue weighted by molar-refractivity contribution is 5.74. The number of carboxylic acids is 1. The molecule has 2 atom stereocenters. The number of aromatic nitrogens is 1. The van der Waals surface area contributed by atoms with Crippen molar-refractivity contribution in [2.45, 2.75) is 19.5 Å². The van der Waals surface area contributed by atoms with E-state index in [9.17, 15) is 9.59 Å². The smallest absolute Gasteiger partial charge is 0.322 e. The first kappa shape index (κ1) is 15.0. The molecule has 6 heteroatoms. The maximum atomic E-state index is 11.1. The number of nitrogens with one attached hydrogen (secondary N) is 1. The van der Waals surface area contributed by atoms with Crippen molar-refractivity contribution >= 4 is 11.9 Å². The maximum Gasteiger partial charge on any atom is 0.322 e. The van der Waals surface area contributed by atoms with Crippen LogP contribution in [-0.2, 0) is 16.1 Å². The lowest BCUT2D eigenvalue weighted by molar-refractivity contribution is -0.142. The lowest BCUT2D eigenvalue weighted by Crippen LogP contribution is -2.49. The van der Waals surface area contributed by atoms with Gasteiger partial charge < -0.3 is 5.11 Å². The summed E-state index contributed by atoms with van der Waals surface area (Å²) in [5, 5.41) is 10.8. The molecule has 0 saturated carbocycles. The largest absolute Gasteiger partial charge is 0.480 e. The molecule has 0 fully saturated rings. The molecule has 102 valence electrons. The Hall–Kier alpha value is -2.01. The van der Waals surface area contributed by atoms with E-state index in [-0.39, 0.29) is 0 Å². The monoisotopic (exact) mass is 263 g/mol. The number of hydrazine groups is 1. The van der Waals surface area contributed by atoms with Crippen molar-refractivity contribution in [1.29, 1.82) is 0 Å². The zero-order chi connectivity index (χ0) is 14.3. The van der Waals surface area contributed by atoms with Crippen LogP contribution in [0.2, 0.25) is 0 Å². The lowest BCUT2D eigenvalue weighted by Gasteiger charge is -2.25. The van der Waals surface area contributed by atoms with Gasteiger partial charge in [-0.1, -0.05) is 13.0 Å². The first-order chi connectivity index (χ1) is 9.04. The van der Waals surface area contributed by atoms with Crippen molar-refractivity contribution in [3.8, 4) is 0 Å². The van der Waals surface area contributed by atoms with E-state index in [0.29, 0.717) is 6.54 Å². The molecule has 0 spiro atoms. The van der Waals surface area contributed by atoms with Gasteiger partial charge >= 0.3 is 5.97 Å². The minimum absolute atomic E-state index is 0.457. The molecule has 0 bridgehead atoms. The molecule has 19 heavy (non-hydrogen) atoms. The SMILES string of the molecule is CC(C=C=O)[C@H](NN(C)Cc1ccccn1)C(=O)O. The number of hydrogen-bond donors (Lipinski definition) is 2. The van der Waals surface area contributed by atoms with Gasteiger partial charge in [-0.25, -0.2) is 15.2 Å². The van der Waals surface area contributed by atoms with E-state index in [2.05, 4.69) is 10.4 Å². The Labute approximate surface area is 111 Å². The van der Waals surface area contributed by atoms with Crippen molar-refractivity contribution in [2.75, 3.05) is 7.05 Å². The summed E-state index contributed by atoms with van der Waals surface area (Å²) in [7, 11) is 1.72. The summed E-state index contributed by atoms with van der Waals surface area (Å²) in [5.74, 6) is 0.138. The molecule has 1 aromatic heterocycles. The maximum absolute atomic E-state index is 11.1. The van der Waals surface area contributed by atoms with Gasteiger partial charge in [0.05, 0.1) is 12.2 Å². The summed E-state index contributed by atoms with van der Waals surface area (Å²) in [6.45, 7) is 2.10. The summed E-state index contributed by atoms with van der Waals surface area (Å²) >= 11 is 0. The molecule has 0 aliphatic heterocycles. The summed E-state index contributed by atoms with van der Waals surface area (Å²) in [6.07, 6.45) is 2.87. The predicted octanol–water partition coefficient (Wildman–Crippen LogP) is 0.495. The fourth-order valence-corrected chi connectivity index (χ4v) is 1.62. The Morgan fingerprint density at radius 1 is 1.63 bits per heavy atom. The zero-order valence-electron chi connectivity index (χ0n) is 10.9. The molecule has 1 rings (SSSR count). The third-order valence-electron chi connectivity index (χ3n) is 2.61. The molecule has 2 N–H and O–H groups in total. The molecule has 0 aromatic carbocycles. The summed E-state index contributed by atoms with van der Waals surface area (Å²) in [6, 6.07) is 4.65. The predicted molar refractivity (Wildman–Crippen MR) is 69.7 cm³/mol. The van der Waals surface area contributed by atoms with Gasteiger partial charge in [0.1, 0.15) is 12.0 Å². The molecule has 0 saturated heterocycles. The Bertz CT molecular complexity index is 457. The van der Waals surface area contributed by atoms with E-state index in [4.69, 9.17) is 5.11 Å². The average Bonchev–Trinajstić information content (AvgIpc) is 2.37. The van der Waals surface area contributed by atoms with E-state index in [0.717, 1.165) is 5.69 Å². The fraction of sp³-hybridized carbons (Fsp3) is 0.385. The van der Waals surface area contributed by atoms with Crippen molar-refractivity contribution in [3.05, 3.63) is 36.2 Å². The van der Waals surface area contributed by atoms with Crippen LogP contribution in [0.3, 0.4) is 0 Å². The molecule has 1 aromatic rings. The van der Waals surface area contributed by atoms with Gasteiger partial charge in [-0.3, -0.25) is 9.78 Å². The lowest BCUT2D eigenvalue weighted by atomic mass is 10.0. The topological polar surface area (TPSA) is 82.5 Å². The second kappa shape index (κ2) is 7.43. The number of carbonyl (C=O) groups is 1. The third-order valence-corrected chi connectivity index (χ3v) is 2.61. The third kappa shape index (κ3) is 5.01. The quantitative estimate of drug-likeness (QED) is 0.550. The highest BCUT2D eigenvalue weighted by Crippen LogP contribution is 2.06. The summed E-state index contributed by atoms with van der Waals surface area (Å²) < 4.78 is 0. The second-order valence-corrected chi connectivity index (χ2v) is 4.27. The van der Waals surface area contributed by atoms with Crippen LogP contribution in [0.15, 0.2) is 30.5 Å². The van der Waals surface area contributed by atoms with E-state index in [1.165, 1.54) is 6.08 Å². The van der Waals surface area contributed by atoms with E-state index < -0.39 is 17.9 Å². The molecule has 1 unspecified atom stereocenters. The van der Waals surface area contributed by atoms with Crippen LogP contribution in [0.5, 0.6) is 0 Å². The van der Waals surface area contributed by atoms with Gasteiger partial charge in [-0.2, -0.15) is 0 Å². The fourth-order valence-electron chi connectivity index (χ4n) is 1.62. The molecule has 6 nitrogen and oxygen atoms in total. The number of aliphatic carboxylic acids is 1. The Kier molecular flexibility index (Phi) is 5.89. The van der Waals surface area contributed by atoms with Gasteiger partial charge in [0.2, 0.25) is 0 Å². The molecule has 1 heterocycles. The number of pyridine rings is 1. The molecule has 0 amide bonds. The van der Waals surface area contributed by atoms with E-state index in [1.807, 2.05) is 18.2 Å². The number of nitrogens with zero attached hydrogens (tertiary/aromatic N) is 2. The van der Waals surface area contributed by atoms with Crippen molar-refractivity contribution < 1.29 is 14.7 Å². The highest BCUT2D eigenvalue weighted by Gasteiger charge is 2.24. The Morgan fingerprint density at radius 2 is 2.37 bits per heavy atom. The molecule has 0 aliphatic carbocycles. The van der Waals surface area contributed by atoms with Crippen LogP contribution >= 0.6 is 0 Å². The number of carbonyl (C=O) groups excluding carboxylic acids is 1. The van der Waals surface area contributed by atoms with Gasteiger partial charge in [-0.05, 0) is 12.1 Å². The number of rotatable bonds is 7. The van der Waals surface area contributed by atoms with Crippen LogP contribution in [0.1, 0.15) is 12.6 Å². The van der Waals surface area contributed by atoms with Gasteiger partial charge in [0.25, 0.3) is 0 Å². The molecular weight excluding hydrogens is 246 g/mol. The zero-order valence-corrected chi connectivity index (χ0v) is 10.9. The van der Waals surface area contributed by atoms with Crippen molar-refractivity contribution in [3.63, 3.8) is 0 Å². The minimum atomic E-state index is -1.02. The van der Waals surface area contributed by atoms with Crippen LogP contribution in [0.4, 0.5) is 0 Å². The molecular formula is C13H17N3O3. The molecule has 0 radical (unpaired) electrons. The van der Waals surface area contributed by atoms with Crippen molar-refractivity contribution in [1.82, 2.24) is 15.4 Å². The molecule has 0 aliphatic rings. The van der Waals surface area contributed by atoms with Crippen LogP contribution in [0, 0.1) is 5.92 Å². The summed E-state index contributed by atoms with van der Waals surface area (Å²) in [5.41, 5.74) is 3.65. The van der Waals surface area contributed by atoms with Crippen molar-refractivity contribution in [2.24, 2.45) is 5.92 Å². The van der Waals surface area contributed by atoms with Gasteiger partial charge in [0, 0.05) is 25.2 Å². The highest BCUT2D eigenvalue weighted by atomic mass is 16.4. The van der Waals surface area contributed by atoms with Crippen LogP contribution in [-0.4, -0.2) is 40.1 Å². The van der Waals surface area contributed by atoms with Gasteiger partial charge in [-0.15, -0.1) is 0 Å². The van der Waals surface area contributed by atoms with Gasteiger partial charge in [0.15, 0.2) is 0 Å². The Morgan fingerprint density at radius 3 is 2.89 bits per heavy atom. The first-order valence-corrected chi connectivity index (χ1v) is 5.85. The Balaban J connectivity index is 2.64. The summed E-state index contributed by atoms with van der Waals surface area (Å²) in [4.78, 5) is 25.6. The number of carboxylic acid groups (broad SMARTS) is 1. The average molecular weight is 263 g/mol. The van der Waals surface area contributed by atoms with Crippen LogP contribution < -0.4 is 5.43 Å². The normalized spacial score (nSPS) is 13.6. The number of hydrogen-bond acceptors (Lipinski definition) is 5. The minimum Gasteiger partial charge on any atom is -0.480 e.